The van der Waals surface area contributed by atoms with E-state index in [9.17, 15) is 22.8 Å². The molecule has 0 saturated heterocycles. The molecule has 0 spiro atoms. The third-order valence-electron chi connectivity index (χ3n) is 1.01. The van der Waals surface area contributed by atoms with Gasteiger partial charge < -0.3 is 19.7 Å². The van der Waals surface area contributed by atoms with Crippen molar-refractivity contribution in [3.05, 3.63) is 0 Å². The predicted octanol–water partition coefficient (Wildman–Crippen LogP) is 1.65. The van der Waals surface area contributed by atoms with Crippen LogP contribution in [-0.2, 0) is 9.47 Å². The van der Waals surface area contributed by atoms with Crippen LogP contribution in [0.2, 0.25) is 0 Å². The fourth-order valence-corrected chi connectivity index (χ4v) is 0.424. The second-order valence-electron chi connectivity index (χ2n) is 2.17. The molecule has 82 valence electrons. The second-order valence-corrected chi connectivity index (χ2v) is 2.17. The summed E-state index contributed by atoms with van der Waals surface area (Å²) in [6, 6.07) is 0. The minimum atomic E-state index is -4.92. The van der Waals surface area contributed by atoms with Crippen LogP contribution < -0.4 is 0 Å². The molecule has 0 bridgehead atoms. The van der Waals surface area contributed by atoms with Gasteiger partial charge in [0.1, 0.15) is 0 Å². The zero-order valence-corrected chi connectivity index (χ0v) is 6.66. The van der Waals surface area contributed by atoms with Crippen molar-refractivity contribution in [2.45, 2.75) is 18.9 Å². The van der Waals surface area contributed by atoms with Gasteiger partial charge in [-0.3, -0.25) is 0 Å². The van der Waals surface area contributed by atoms with Gasteiger partial charge >= 0.3 is 24.3 Å². The quantitative estimate of drug-likeness (QED) is 0.699. The lowest BCUT2D eigenvalue weighted by molar-refractivity contribution is -0.345. The van der Waals surface area contributed by atoms with Gasteiger partial charge in [-0.1, -0.05) is 0 Å². The molecule has 0 amide bonds. The molecule has 0 saturated carbocycles. The van der Waals surface area contributed by atoms with Crippen molar-refractivity contribution in [2.24, 2.45) is 0 Å². The van der Waals surface area contributed by atoms with E-state index in [1.165, 1.54) is 0 Å². The SMILES string of the molecule is CC(F)(OC(=O)O)C(F)(F)OC(=O)O. The molecule has 1 atom stereocenters. The molecular formula is C5H5F3O6. The van der Waals surface area contributed by atoms with Crippen molar-refractivity contribution in [3.63, 3.8) is 0 Å². The van der Waals surface area contributed by atoms with Crippen molar-refractivity contribution < 1.29 is 42.4 Å². The molecule has 0 aromatic heterocycles. The third kappa shape index (κ3) is 2.99. The van der Waals surface area contributed by atoms with Gasteiger partial charge in [0, 0.05) is 6.92 Å². The highest BCUT2D eigenvalue weighted by Gasteiger charge is 2.59. The standard InChI is InChI=1S/C5H5F3O6/c1-4(6,13-2(9)10)5(7,8)14-3(11)12/h1H3,(H,9,10)(H,11,12). The molecule has 6 nitrogen and oxygen atoms in total. The van der Waals surface area contributed by atoms with Crippen molar-refractivity contribution in [1.82, 2.24) is 0 Å². The number of alkyl halides is 3. The van der Waals surface area contributed by atoms with Gasteiger partial charge in [-0.2, -0.15) is 13.2 Å². The summed E-state index contributed by atoms with van der Waals surface area (Å²) in [5, 5.41) is 15.6. The predicted molar refractivity (Wildman–Crippen MR) is 32.7 cm³/mol. The number of hydrogen-bond donors (Lipinski definition) is 2. The average Bonchev–Trinajstić information content (AvgIpc) is 1.78. The monoisotopic (exact) mass is 218 g/mol. The van der Waals surface area contributed by atoms with Crippen molar-refractivity contribution in [3.8, 4) is 0 Å². The molecule has 14 heavy (non-hydrogen) atoms. The van der Waals surface area contributed by atoms with Gasteiger partial charge in [-0.05, 0) is 0 Å². The van der Waals surface area contributed by atoms with Crippen molar-refractivity contribution in [1.29, 1.82) is 0 Å². The van der Waals surface area contributed by atoms with E-state index >= 15 is 0 Å². The van der Waals surface area contributed by atoms with Gasteiger partial charge in [0.15, 0.2) is 0 Å². The Morgan fingerprint density at radius 2 is 1.43 bits per heavy atom. The Bertz CT molecular complexity index is 224. The number of carbonyl (C=O) groups is 2. The maximum atomic E-state index is 12.7. The summed E-state index contributed by atoms with van der Waals surface area (Å²) in [4.78, 5) is 19.4. The lowest BCUT2D eigenvalue weighted by Crippen LogP contribution is -2.48. The van der Waals surface area contributed by atoms with E-state index in [4.69, 9.17) is 10.2 Å². The highest BCUT2D eigenvalue weighted by atomic mass is 19.3. The zero-order valence-electron chi connectivity index (χ0n) is 6.66. The van der Waals surface area contributed by atoms with Crippen LogP contribution in [-0.4, -0.2) is 34.5 Å². The maximum Gasteiger partial charge on any atom is 0.510 e. The fraction of sp³-hybridized carbons (Fsp3) is 0.600. The summed E-state index contributed by atoms with van der Waals surface area (Å²) in [5.74, 6) is -4.09. The van der Waals surface area contributed by atoms with Crippen molar-refractivity contribution >= 4 is 12.3 Å². The maximum absolute atomic E-state index is 12.7. The Labute approximate surface area is 74.8 Å². The first kappa shape index (κ1) is 12.3. The minimum absolute atomic E-state index is 0.0179. The molecular weight excluding hydrogens is 213 g/mol. The van der Waals surface area contributed by atoms with E-state index in [1.807, 2.05) is 0 Å². The molecule has 0 heterocycles. The highest BCUT2D eigenvalue weighted by molar-refractivity contribution is 5.58. The number of rotatable bonds is 3. The number of halogens is 3. The molecule has 0 aromatic carbocycles. The van der Waals surface area contributed by atoms with Crippen LogP contribution >= 0.6 is 0 Å². The van der Waals surface area contributed by atoms with Crippen molar-refractivity contribution in [2.75, 3.05) is 0 Å². The van der Waals surface area contributed by atoms with Gasteiger partial charge in [-0.15, -0.1) is 0 Å². The van der Waals surface area contributed by atoms with Crippen LogP contribution in [0.3, 0.4) is 0 Å². The van der Waals surface area contributed by atoms with Crippen LogP contribution in [0.25, 0.3) is 0 Å². The Kier molecular flexibility index (Phi) is 3.17. The second kappa shape index (κ2) is 3.60. The summed E-state index contributed by atoms with van der Waals surface area (Å²) in [6.07, 6.45) is -9.71. The summed E-state index contributed by atoms with van der Waals surface area (Å²) >= 11 is 0. The Morgan fingerprint density at radius 3 is 1.71 bits per heavy atom. The molecule has 0 aliphatic carbocycles. The van der Waals surface area contributed by atoms with Crippen LogP contribution in [0.5, 0.6) is 0 Å². The molecule has 0 rings (SSSR count). The molecule has 0 fully saturated rings. The minimum Gasteiger partial charge on any atom is -0.450 e. The molecule has 0 aromatic rings. The summed E-state index contributed by atoms with van der Waals surface area (Å²) in [6.45, 7) is 0.0179. The summed E-state index contributed by atoms with van der Waals surface area (Å²) in [5.41, 5.74) is 0. The van der Waals surface area contributed by atoms with Crippen LogP contribution in [0.4, 0.5) is 22.8 Å². The van der Waals surface area contributed by atoms with Crippen LogP contribution in [0.1, 0.15) is 6.92 Å². The smallest absolute Gasteiger partial charge is 0.450 e. The van der Waals surface area contributed by atoms with Crippen LogP contribution in [0, 0.1) is 0 Å². The zero-order chi connectivity index (χ0) is 11.6. The van der Waals surface area contributed by atoms with Gasteiger partial charge in [0.2, 0.25) is 0 Å². The normalized spacial score (nSPS) is 15.4. The first-order valence-electron chi connectivity index (χ1n) is 2.99. The lowest BCUT2D eigenvalue weighted by atomic mass is 10.3. The molecule has 1 unspecified atom stereocenters. The first-order chi connectivity index (χ1) is 6.08. The van der Waals surface area contributed by atoms with E-state index in [0.717, 1.165) is 0 Å². The van der Waals surface area contributed by atoms with Gasteiger partial charge in [0.05, 0.1) is 0 Å². The van der Waals surface area contributed by atoms with Gasteiger partial charge in [0.25, 0.3) is 0 Å². The third-order valence-corrected chi connectivity index (χ3v) is 1.01. The van der Waals surface area contributed by atoms with E-state index in [0.29, 0.717) is 0 Å². The largest absolute Gasteiger partial charge is 0.510 e. The Balaban J connectivity index is 4.67. The molecule has 0 radical (unpaired) electrons. The fourth-order valence-electron chi connectivity index (χ4n) is 0.424. The highest BCUT2D eigenvalue weighted by Crippen LogP contribution is 2.34. The Hall–Kier alpha value is -1.67. The average molecular weight is 218 g/mol. The number of hydrogen-bond acceptors (Lipinski definition) is 4. The van der Waals surface area contributed by atoms with E-state index < -0.39 is 24.3 Å². The number of ether oxygens (including phenoxy) is 2. The Morgan fingerprint density at radius 1 is 1.07 bits per heavy atom. The van der Waals surface area contributed by atoms with Gasteiger partial charge in [-0.25, -0.2) is 9.59 Å². The molecule has 9 heteroatoms. The number of carboxylic acid groups (broad SMARTS) is 2. The molecule has 2 N–H and O–H groups in total. The summed E-state index contributed by atoms with van der Waals surface area (Å²) in [7, 11) is 0. The van der Waals surface area contributed by atoms with E-state index in [2.05, 4.69) is 9.47 Å². The molecule has 0 aliphatic heterocycles. The summed E-state index contributed by atoms with van der Waals surface area (Å²) < 4.78 is 43.6. The van der Waals surface area contributed by atoms with E-state index in [1.54, 1.807) is 0 Å². The first-order valence-corrected chi connectivity index (χ1v) is 2.99. The van der Waals surface area contributed by atoms with Crippen LogP contribution in [0.15, 0.2) is 0 Å². The van der Waals surface area contributed by atoms with E-state index in [-0.39, 0.29) is 6.92 Å². The molecule has 0 aliphatic rings. The topological polar surface area (TPSA) is 93.1 Å². The lowest BCUT2D eigenvalue weighted by Gasteiger charge is -2.25.